The number of piperidine rings is 1. The van der Waals surface area contributed by atoms with Crippen LogP contribution in [-0.4, -0.2) is 36.3 Å². The lowest BCUT2D eigenvalue weighted by Crippen LogP contribution is -2.41. The molecule has 23 heavy (non-hydrogen) atoms. The van der Waals surface area contributed by atoms with Gasteiger partial charge in [0.1, 0.15) is 5.00 Å². The van der Waals surface area contributed by atoms with Crippen molar-refractivity contribution in [2.24, 2.45) is 11.7 Å². The van der Waals surface area contributed by atoms with E-state index in [-0.39, 0.29) is 11.8 Å². The predicted molar refractivity (Wildman–Crippen MR) is 90.3 cm³/mol. The maximum atomic E-state index is 12.5. The minimum Gasteiger partial charge on any atom is -0.365 e. The van der Waals surface area contributed by atoms with Gasteiger partial charge in [0.05, 0.1) is 17.6 Å². The number of thiophene rings is 1. The number of likely N-dealkylation sites (tertiary alicyclic amines) is 1. The number of rotatable bonds is 5. The molecule has 1 saturated heterocycles. The third-order valence-electron chi connectivity index (χ3n) is 4.28. The molecule has 1 atom stereocenters. The lowest BCUT2D eigenvalue weighted by Gasteiger charge is -2.31. The Hall–Kier alpha value is -1.91. The summed E-state index contributed by atoms with van der Waals surface area (Å²) in [4.78, 5) is 27.3. The molecule has 3 N–H and O–H groups in total. The molecule has 1 fully saturated rings. The molecule has 0 aromatic carbocycles. The Morgan fingerprint density at radius 2 is 2.22 bits per heavy atom. The summed E-state index contributed by atoms with van der Waals surface area (Å²) >= 11 is 1.39. The average Bonchev–Trinajstić information content (AvgIpc) is 2.80. The molecule has 1 aromatic rings. The molecule has 0 radical (unpaired) electrons. The van der Waals surface area contributed by atoms with Crippen LogP contribution in [0.25, 0.3) is 0 Å². The highest BCUT2D eigenvalue weighted by atomic mass is 32.1. The number of nitrogens with zero attached hydrogens (tertiary/aromatic N) is 2. The molecular weight excluding hydrogens is 312 g/mol. The monoisotopic (exact) mass is 334 g/mol. The lowest BCUT2D eigenvalue weighted by atomic mass is 9.97. The molecule has 6 nitrogen and oxygen atoms in total. The third-order valence-corrected chi connectivity index (χ3v) is 5.41. The van der Waals surface area contributed by atoms with E-state index in [9.17, 15) is 9.59 Å². The van der Waals surface area contributed by atoms with Crippen molar-refractivity contribution >= 4 is 28.2 Å². The van der Waals surface area contributed by atoms with Crippen molar-refractivity contribution in [2.75, 3.05) is 25.0 Å². The molecule has 2 rings (SSSR count). The summed E-state index contributed by atoms with van der Waals surface area (Å²) in [6.07, 6.45) is 2.24. The van der Waals surface area contributed by atoms with Gasteiger partial charge in [-0.05, 0) is 38.8 Å². The van der Waals surface area contributed by atoms with Crippen LogP contribution in [0.2, 0.25) is 0 Å². The fraction of sp³-hybridized carbons (Fsp3) is 0.562. The number of amides is 2. The van der Waals surface area contributed by atoms with Crippen molar-refractivity contribution in [3.8, 4) is 6.07 Å². The van der Waals surface area contributed by atoms with Gasteiger partial charge in [-0.2, -0.15) is 5.26 Å². The lowest BCUT2D eigenvalue weighted by molar-refractivity contribution is -0.121. The van der Waals surface area contributed by atoms with Gasteiger partial charge in [0.15, 0.2) is 0 Å². The van der Waals surface area contributed by atoms with Crippen LogP contribution >= 0.6 is 11.3 Å². The number of carbonyl (C=O) groups is 2. The Kier molecular flexibility index (Phi) is 5.74. The Morgan fingerprint density at radius 3 is 2.87 bits per heavy atom. The number of anilines is 1. The summed E-state index contributed by atoms with van der Waals surface area (Å²) in [5, 5.41) is 12.1. The topological polar surface area (TPSA) is 99.2 Å². The highest BCUT2D eigenvalue weighted by Gasteiger charge is 2.27. The second-order valence-electron chi connectivity index (χ2n) is 5.89. The minimum absolute atomic E-state index is 0.0737. The zero-order valence-electron chi connectivity index (χ0n) is 13.5. The van der Waals surface area contributed by atoms with Gasteiger partial charge in [-0.1, -0.05) is 0 Å². The maximum absolute atomic E-state index is 12.5. The zero-order chi connectivity index (χ0) is 17.0. The number of primary amides is 1. The number of hydrogen-bond acceptors (Lipinski definition) is 5. The van der Waals surface area contributed by atoms with E-state index in [1.54, 1.807) is 0 Å². The van der Waals surface area contributed by atoms with E-state index in [1.165, 1.54) is 11.3 Å². The third kappa shape index (κ3) is 4.09. The van der Waals surface area contributed by atoms with Gasteiger partial charge in [0.25, 0.3) is 5.91 Å². The van der Waals surface area contributed by atoms with Gasteiger partial charge in [-0.3, -0.25) is 9.59 Å². The first-order valence-electron chi connectivity index (χ1n) is 7.74. The molecule has 124 valence electrons. The average molecular weight is 334 g/mol. The Balaban J connectivity index is 2.06. The molecular formula is C16H22N4O2S. The molecule has 1 aliphatic heterocycles. The number of hydrogen-bond donors (Lipinski definition) is 2. The van der Waals surface area contributed by atoms with E-state index in [1.807, 2.05) is 13.8 Å². The van der Waals surface area contributed by atoms with Crippen LogP contribution in [0.15, 0.2) is 0 Å². The molecule has 0 aliphatic carbocycles. The molecule has 0 bridgehead atoms. The van der Waals surface area contributed by atoms with Gasteiger partial charge in [0.2, 0.25) is 5.91 Å². The Morgan fingerprint density at radius 1 is 1.48 bits per heavy atom. The molecule has 0 saturated carbocycles. The summed E-state index contributed by atoms with van der Waals surface area (Å²) in [7, 11) is 0. The summed E-state index contributed by atoms with van der Waals surface area (Å²) in [5.41, 5.74) is 6.68. The first kappa shape index (κ1) is 17.4. The maximum Gasteiger partial charge on any atom is 0.251 e. The smallest absolute Gasteiger partial charge is 0.251 e. The van der Waals surface area contributed by atoms with Crippen molar-refractivity contribution in [3.05, 3.63) is 16.0 Å². The van der Waals surface area contributed by atoms with Crippen LogP contribution in [-0.2, 0) is 4.79 Å². The fourth-order valence-electron chi connectivity index (χ4n) is 2.91. The Bertz CT molecular complexity index is 647. The summed E-state index contributed by atoms with van der Waals surface area (Å²) in [6.45, 7) is 6.03. The molecule has 2 amide bonds. The number of carbonyl (C=O) groups excluding carboxylic acids is 2. The van der Waals surface area contributed by atoms with Crippen molar-refractivity contribution < 1.29 is 9.59 Å². The largest absolute Gasteiger partial charge is 0.365 e. The van der Waals surface area contributed by atoms with Crippen molar-refractivity contribution in [3.63, 3.8) is 0 Å². The van der Waals surface area contributed by atoms with Gasteiger partial charge < -0.3 is 16.0 Å². The number of nitrogens with two attached hydrogens (primary N) is 1. The highest BCUT2D eigenvalue weighted by Crippen LogP contribution is 2.32. The van der Waals surface area contributed by atoms with Crippen LogP contribution in [0.4, 0.5) is 5.00 Å². The number of nitriles is 1. The summed E-state index contributed by atoms with van der Waals surface area (Å²) < 4.78 is 0. The quantitative estimate of drug-likeness (QED) is 0.860. The number of aryl methyl sites for hydroxylation is 1. The van der Waals surface area contributed by atoms with Crippen LogP contribution in [0.5, 0.6) is 0 Å². The standard InChI is InChI=1S/C16H22N4O2S/c1-10-11(2)23-16(13(10)14(18)21)19-15(22)12-5-3-7-20(9-12)8-4-6-17/h12H,3-5,7-9H2,1-2H3,(H2,18,21)(H,19,22). The van der Waals surface area contributed by atoms with E-state index in [2.05, 4.69) is 16.3 Å². The van der Waals surface area contributed by atoms with E-state index in [0.29, 0.717) is 30.1 Å². The van der Waals surface area contributed by atoms with E-state index in [0.717, 1.165) is 29.8 Å². The minimum atomic E-state index is -0.513. The van der Waals surface area contributed by atoms with Crippen LogP contribution in [0.3, 0.4) is 0 Å². The van der Waals surface area contributed by atoms with Gasteiger partial charge >= 0.3 is 0 Å². The second-order valence-corrected chi connectivity index (χ2v) is 7.11. The van der Waals surface area contributed by atoms with Crippen LogP contribution < -0.4 is 11.1 Å². The predicted octanol–water partition coefficient (Wildman–Crippen LogP) is 2.03. The molecule has 7 heteroatoms. The Labute approximate surface area is 140 Å². The van der Waals surface area contributed by atoms with Crippen molar-refractivity contribution in [1.29, 1.82) is 5.26 Å². The van der Waals surface area contributed by atoms with E-state index in [4.69, 9.17) is 11.0 Å². The molecule has 1 aromatic heterocycles. The van der Waals surface area contributed by atoms with Gasteiger partial charge in [0, 0.05) is 24.4 Å². The molecule has 2 heterocycles. The highest BCUT2D eigenvalue weighted by molar-refractivity contribution is 7.16. The second kappa shape index (κ2) is 7.57. The molecule has 1 unspecified atom stereocenters. The first-order valence-corrected chi connectivity index (χ1v) is 8.55. The summed E-state index contributed by atoms with van der Waals surface area (Å²) in [6, 6.07) is 2.14. The molecule has 1 aliphatic rings. The fourth-order valence-corrected chi connectivity index (χ4v) is 3.98. The van der Waals surface area contributed by atoms with Crippen molar-refractivity contribution in [2.45, 2.75) is 33.1 Å². The van der Waals surface area contributed by atoms with Crippen molar-refractivity contribution in [1.82, 2.24) is 4.90 Å². The van der Waals surface area contributed by atoms with Gasteiger partial charge in [-0.25, -0.2) is 0 Å². The van der Waals surface area contributed by atoms with E-state index >= 15 is 0 Å². The SMILES string of the molecule is Cc1sc(NC(=O)C2CCCN(CCC#N)C2)c(C(N)=O)c1C. The van der Waals surface area contributed by atoms with E-state index < -0.39 is 5.91 Å². The first-order chi connectivity index (χ1) is 10.9. The zero-order valence-corrected chi connectivity index (χ0v) is 14.3. The van der Waals surface area contributed by atoms with Crippen LogP contribution in [0.1, 0.15) is 40.1 Å². The normalized spacial score (nSPS) is 18.4. The van der Waals surface area contributed by atoms with Crippen LogP contribution in [0, 0.1) is 31.1 Å². The molecule has 0 spiro atoms. The number of nitrogens with one attached hydrogen (secondary N) is 1. The van der Waals surface area contributed by atoms with Gasteiger partial charge in [-0.15, -0.1) is 11.3 Å². The summed E-state index contributed by atoms with van der Waals surface area (Å²) in [5.74, 6) is -0.706.